The van der Waals surface area contributed by atoms with E-state index in [-0.39, 0.29) is 0 Å². The maximum absolute atomic E-state index is 4.66. The van der Waals surface area contributed by atoms with Gasteiger partial charge in [-0.15, -0.1) is 11.3 Å². The Morgan fingerprint density at radius 1 is 0.923 bits per heavy atom. The summed E-state index contributed by atoms with van der Waals surface area (Å²) in [6.45, 7) is 0. The van der Waals surface area contributed by atoms with Crippen molar-refractivity contribution in [3.63, 3.8) is 0 Å². The Hall–Kier alpha value is -3.05. The highest BCUT2D eigenvalue weighted by Crippen LogP contribution is 2.41. The molecule has 0 saturated heterocycles. The van der Waals surface area contributed by atoms with Gasteiger partial charge in [0.15, 0.2) is 0 Å². The van der Waals surface area contributed by atoms with E-state index < -0.39 is 5.41 Å². The zero-order valence-electron chi connectivity index (χ0n) is 14.0. The summed E-state index contributed by atoms with van der Waals surface area (Å²) in [4.78, 5) is 10.5. The first-order valence-electron chi connectivity index (χ1n) is 8.50. The Balaban J connectivity index is 1.67. The first-order chi connectivity index (χ1) is 12.9. The van der Waals surface area contributed by atoms with Crippen LogP contribution in [0.2, 0.25) is 0 Å². The summed E-state index contributed by atoms with van der Waals surface area (Å²) in [7, 11) is 0. The number of nitrogens with one attached hydrogen (secondary N) is 1. The van der Waals surface area contributed by atoms with Crippen LogP contribution in [-0.4, -0.2) is 20.2 Å². The van der Waals surface area contributed by atoms with Crippen LogP contribution in [0.4, 0.5) is 0 Å². The van der Waals surface area contributed by atoms with Crippen molar-refractivity contribution in [2.75, 3.05) is 0 Å². The van der Waals surface area contributed by atoms with Gasteiger partial charge in [-0.1, -0.05) is 30.4 Å². The van der Waals surface area contributed by atoms with E-state index in [0.29, 0.717) is 0 Å². The molecule has 4 nitrogen and oxygen atoms in total. The normalized spacial score (nSPS) is 14.9. The summed E-state index contributed by atoms with van der Waals surface area (Å²) in [5.74, 6) is 0. The Morgan fingerprint density at radius 3 is 2.31 bits per heavy atom. The number of fused-ring (bicyclic) bond motifs is 1. The molecule has 4 aromatic heterocycles. The lowest BCUT2D eigenvalue weighted by Gasteiger charge is -2.32. The second-order valence-electron chi connectivity index (χ2n) is 6.35. The molecule has 26 heavy (non-hydrogen) atoms. The molecule has 1 aliphatic carbocycles. The molecule has 0 atom stereocenters. The molecule has 4 aromatic rings. The van der Waals surface area contributed by atoms with Gasteiger partial charge < -0.3 is 0 Å². The second-order valence-corrected chi connectivity index (χ2v) is 7.30. The zero-order valence-corrected chi connectivity index (χ0v) is 14.8. The van der Waals surface area contributed by atoms with Crippen LogP contribution in [0.1, 0.15) is 22.6 Å². The van der Waals surface area contributed by atoms with Crippen LogP contribution in [0.5, 0.6) is 0 Å². The highest BCUT2D eigenvalue weighted by molar-refractivity contribution is 7.13. The number of allylic oxidation sites excluding steroid dienone is 1. The van der Waals surface area contributed by atoms with Crippen molar-refractivity contribution >= 4 is 17.4 Å². The van der Waals surface area contributed by atoms with E-state index in [2.05, 4.69) is 62.0 Å². The molecule has 0 saturated carbocycles. The number of rotatable bonds is 3. The highest BCUT2D eigenvalue weighted by atomic mass is 32.1. The Labute approximate surface area is 155 Å². The van der Waals surface area contributed by atoms with E-state index in [4.69, 9.17) is 0 Å². The lowest BCUT2D eigenvalue weighted by atomic mass is 9.72. The van der Waals surface area contributed by atoms with Crippen molar-refractivity contribution in [2.45, 2.75) is 11.8 Å². The fraction of sp³-hybridized carbons (Fsp3) is 0.0952. The summed E-state index contributed by atoms with van der Waals surface area (Å²) in [5, 5.41) is 9.92. The number of nitrogens with zero attached hydrogens (tertiary/aromatic N) is 3. The third kappa shape index (κ3) is 2.32. The Bertz CT molecular complexity index is 1010. The van der Waals surface area contributed by atoms with Crippen LogP contribution in [0.25, 0.3) is 16.6 Å². The number of hydrogen-bond donors (Lipinski definition) is 1. The van der Waals surface area contributed by atoms with Crippen LogP contribution >= 0.6 is 11.3 Å². The summed E-state index contributed by atoms with van der Waals surface area (Å²) >= 11 is 1.71. The van der Waals surface area contributed by atoms with Crippen LogP contribution in [0.15, 0.2) is 72.4 Å². The third-order valence-electron chi connectivity index (χ3n) is 4.87. The SMILES string of the molecule is C1=CC(c2ccccn2)(c2ccccn2)Cc2[nH]nc(-c3cccs3)c21. The largest absolute Gasteiger partial charge is 0.281 e. The lowest BCUT2D eigenvalue weighted by Crippen LogP contribution is -2.32. The maximum atomic E-state index is 4.66. The van der Waals surface area contributed by atoms with Gasteiger partial charge in [0.1, 0.15) is 5.69 Å². The zero-order chi connectivity index (χ0) is 17.4. The molecule has 126 valence electrons. The van der Waals surface area contributed by atoms with Gasteiger partial charge in [0, 0.05) is 30.1 Å². The smallest absolute Gasteiger partial charge is 0.109 e. The maximum Gasteiger partial charge on any atom is 0.109 e. The minimum atomic E-state index is -0.394. The van der Waals surface area contributed by atoms with Gasteiger partial charge >= 0.3 is 0 Å². The molecule has 0 unspecified atom stereocenters. The Morgan fingerprint density at radius 2 is 1.69 bits per heavy atom. The molecule has 0 bridgehead atoms. The molecule has 0 fully saturated rings. The predicted molar refractivity (Wildman–Crippen MR) is 104 cm³/mol. The number of pyridine rings is 2. The first kappa shape index (κ1) is 15.2. The quantitative estimate of drug-likeness (QED) is 0.589. The number of aromatic nitrogens is 4. The van der Waals surface area contributed by atoms with E-state index in [1.54, 1.807) is 11.3 Å². The molecule has 1 aliphatic rings. The van der Waals surface area contributed by atoms with E-state index in [9.17, 15) is 0 Å². The second kappa shape index (κ2) is 6.04. The fourth-order valence-electron chi connectivity index (χ4n) is 3.60. The van der Waals surface area contributed by atoms with Gasteiger partial charge in [-0.25, -0.2) is 0 Å². The first-order valence-corrected chi connectivity index (χ1v) is 9.38. The molecule has 5 rings (SSSR count). The topological polar surface area (TPSA) is 54.5 Å². The molecule has 1 N–H and O–H groups in total. The van der Waals surface area contributed by atoms with E-state index >= 15 is 0 Å². The van der Waals surface area contributed by atoms with Gasteiger partial charge in [-0.2, -0.15) is 5.10 Å². The van der Waals surface area contributed by atoms with Crippen molar-refractivity contribution in [2.24, 2.45) is 0 Å². The van der Waals surface area contributed by atoms with Gasteiger partial charge in [0.25, 0.3) is 0 Å². The van der Waals surface area contributed by atoms with Crippen LogP contribution in [0, 0.1) is 0 Å². The molecular weight excluding hydrogens is 340 g/mol. The van der Waals surface area contributed by atoms with Crippen molar-refractivity contribution in [3.8, 4) is 10.6 Å². The minimum Gasteiger partial charge on any atom is -0.281 e. The van der Waals surface area contributed by atoms with E-state index in [0.717, 1.165) is 34.8 Å². The minimum absolute atomic E-state index is 0.394. The summed E-state index contributed by atoms with van der Waals surface area (Å²) < 4.78 is 0. The predicted octanol–water partition coefficient (Wildman–Crippen LogP) is 4.48. The van der Waals surface area contributed by atoms with Crippen LogP contribution in [0.3, 0.4) is 0 Å². The summed E-state index contributed by atoms with van der Waals surface area (Å²) in [5.41, 5.74) is 4.89. The highest BCUT2D eigenvalue weighted by Gasteiger charge is 2.38. The third-order valence-corrected chi connectivity index (χ3v) is 5.75. The lowest BCUT2D eigenvalue weighted by molar-refractivity contribution is 0.582. The van der Waals surface area contributed by atoms with Crippen LogP contribution in [-0.2, 0) is 11.8 Å². The van der Waals surface area contributed by atoms with Crippen molar-refractivity contribution < 1.29 is 0 Å². The molecule has 5 heteroatoms. The fourth-order valence-corrected chi connectivity index (χ4v) is 4.33. The van der Waals surface area contributed by atoms with Crippen LogP contribution < -0.4 is 0 Å². The van der Waals surface area contributed by atoms with E-state index in [1.165, 1.54) is 4.88 Å². The van der Waals surface area contributed by atoms with Gasteiger partial charge in [-0.3, -0.25) is 15.1 Å². The standard InChI is InChI=1S/C21H16N4S/c1-3-11-22-18(7-1)21(19-8-2-4-12-23-19)10-9-15-16(14-21)24-25-20(15)17-6-5-13-26-17/h1-13H,14H2,(H,24,25). The number of thiophene rings is 1. The Kier molecular flexibility index (Phi) is 3.53. The van der Waals surface area contributed by atoms with Gasteiger partial charge in [0.05, 0.1) is 21.7 Å². The summed E-state index contributed by atoms with van der Waals surface area (Å²) in [6, 6.07) is 16.2. The summed E-state index contributed by atoms with van der Waals surface area (Å²) in [6.07, 6.45) is 8.83. The molecule has 0 aromatic carbocycles. The van der Waals surface area contributed by atoms with Gasteiger partial charge in [-0.05, 0) is 35.7 Å². The molecular formula is C21H16N4S. The monoisotopic (exact) mass is 356 g/mol. The van der Waals surface area contributed by atoms with Crippen molar-refractivity contribution in [3.05, 3.63) is 95.0 Å². The van der Waals surface area contributed by atoms with Crippen molar-refractivity contribution in [1.82, 2.24) is 20.2 Å². The number of hydrogen-bond acceptors (Lipinski definition) is 4. The van der Waals surface area contributed by atoms with E-state index in [1.807, 2.05) is 36.7 Å². The number of aromatic amines is 1. The molecule has 0 radical (unpaired) electrons. The number of H-pyrrole nitrogens is 1. The average Bonchev–Trinajstić information content (AvgIpc) is 3.38. The molecule has 0 aliphatic heterocycles. The average molecular weight is 356 g/mol. The molecule has 0 spiro atoms. The van der Waals surface area contributed by atoms with Gasteiger partial charge in [0.2, 0.25) is 0 Å². The molecule has 0 amide bonds. The molecule has 4 heterocycles. The van der Waals surface area contributed by atoms with Crippen molar-refractivity contribution in [1.29, 1.82) is 0 Å².